The fraction of sp³-hybridized carbons (Fsp3) is 1.00. The minimum absolute atomic E-state index is 0.528. The van der Waals surface area contributed by atoms with Gasteiger partial charge in [0.15, 0.2) is 0 Å². The molecule has 0 spiro atoms. The van der Waals surface area contributed by atoms with Gasteiger partial charge in [-0.15, -0.1) is 0 Å². The predicted molar refractivity (Wildman–Crippen MR) is 46.2 cm³/mol. The average Bonchev–Trinajstić information content (AvgIpc) is 2.07. The molecule has 0 aromatic heterocycles. The molecule has 0 aromatic rings. The number of hydrogen-bond acceptors (Lipinski definition) is 2. The molecule has 0 heterocycles. The minimum Gasteiger partial charge on any atom is -0.305 e. The zero-order valence-corrected chi connectivity index (χ0v) is 7.60. The Bertz CT molecular complexity index is 99.7. The van der Waals surface area contributed by atoms with E-state index in [1.54, 1.807) is 7.11 Å². The van der Waals surface area contributed by atoms with E-state index in [-0.39, 0.29) is 0 Å². The van der Waals surface area contributed by atoms with Crippen LogP contribution in [0.4, 0.5) is 0 Å². The van der Waals surface area contributed by atoms with Crippen LogP contribution in [-0.4, -0.2) is 13.2 Å². The second-order valence-electron chi connectivity index (χ2n) is 3.51. The summed E-state index contributed by atoms with van der Waals surface area (Å²) in [5.74, 6) is 0.837. The van der Waals surface area contributed by atoms with Crippen molar-refractivity contribution in [2.24, 2.45) is 5.92 Å². The Labute approximate surface area is 69.3 Å². The molecule has 66 valence electrons. The van der Waals surface area contributed by atoms with Gasteiger partial charge >= 0.3 is 0 Å². The van der Waals surface area contributed by atoms with Crippen molar-refractivity contribution in [1.29, 1.82) is 0 Å². The van der Waals surface area contributed by atoms with Crippen LogP contribution in [0.25, 0.3) is 0 Å². The summed E-state index contributed by atoms with van der Waals surface area (Å²) in [6.07, 6.45) is 6.98. The van der Waals surface area contributed by atoms with Crippen molar-refractivity contribution < 1.29 is 4.84 Å². The third-order valence-corrected chi connectivity index (χ3v) is 2.66. The summed E-state index contributed by atoms with van der Waals surface area (Å²) in [6, 6.07) is 0.528. The maximum Gasteiger partial charge on any atom is 0.0572 e. The molecule has 11 heavy (non-hydrogen) atoms. The van der Waals surface area contributed by atoms with Crippen molar-refractivity contribution in [3.05, 3.63) is 0 Å². The lowest BCUT2D eigenvalue weighted by molar-refractivity contribution is 0.0405. The smallest absolute Gasteiger partial charge is 0.0572 e. The van der Waals surface area contributed by atoms with E-state index in [0.717, 1.165) is 5.92 Å². The van der Waals surface area contributed by atoms with Gasteiger partial charge < -0.3 is 4.84 Å². The second-order valence-corrected chi connectivity index (χ2v) is 3.51. The van der Waals surface area contributed by atoms with Crippen LogP contribution in [-0.2, 0) is 4.84 Å². The molecular formula is C9H19NO. The minimum atomic E-state index is 0.528. The Kier molecular flexibility index (Phi) is 3.87. The molecule has 2 heteroatoms. The first kappa shape index (κ1) is 9.01. The first-order chi connectivity index (χ1) is 5.34. The summed E-state index contributed by atoms with van der Waals surface area (Å²) in [6.45, 7) is 2.21. The highest BCUT2D eigenvalue weighted by Crippen LogP contribution is 2.26. The maximum absolute atomic E-state index is 4.91. The van der Waals surface area contributed by atoms with Gasteiger partial charge in [-0.3, -0.25) is 0 Å². The van der Waals surface area contributed by atoms with Crippen LogP contribution in [0.5, 0.6) is 0 Å². The summed E-state index contributed by atoms with van der Waals surface area (Å²) in [4.78, 5) is 4.91. The van der Waals surface area contributed by atoms with E-state index in [1.165, 1.54) is 32.1 Å². The Morgan fingerprint density at radius 1 is 1.27 bits per heavy atom. The third kappa shape index (κ3) is 2.80. The topological polar surface area (TPSA) is 21.3 Å². The van der Waals surface area contributed by atoms with Crippen LogP contribution < -0.4 is 5.48 Å². The quantitative estimate of drug-likeness (QED) is 0.633. The van der Waals surface area contributed by atoms with Crippen molar-refractivity contribution in [2.45, 2.75) is 45.1 Å². The number of nitrogens with one attached hydrogen (secondary N) is 1. The van der Waals surface area contributed by atoms with Crippen molar-refractivity contribution in [2.75, 3.05) is 7.11 Å². The van der Waals surface area contributed by atoms with E-state index in [4.69, 9.17) is 4.84 Å². The Morgan fingerprint density at radius 3 is 2.45 bits per heavy atom. The molecule has 1 fully saturated rings. The molecule has 0 saturated heterocycles. The first-order valence-electron chi connectivity index (χ1n) is 4.63. The van der Waals surface area contributed by atoms with Gasteiger partial charge in [0, 0.05) is 6.04 Å². The molecule has 0 aromatic carbocycles. The molecule has 2 nitrogen and oxygen atoms in total. The molecule has 0 bridgehead atoms. The second kappa shape index (κ2) is 4.73. The normalized spacial score (nSPS) is 23.5. The van der Waals surface area contributed by atoms with Gasteiger partial charge in [-0.1, -0.05) is 19.3 Å². The van der Waals surface area contributed by atoms with E-state index in [1.807, 2.05) is 0 Å². The fourth-order valence-corrected chi connectivity index (χ4v) is 1.92. The lowest BCUT2D eigenvalue weighted by Gasteiger charge is -2.27. The zero-order chi connectivity index (χ0) is 8.10. The average molecular weight is 157 g/mol. The van der Waals surface area contributed by atoms with Crippen LogP contribution in [0.2, 0.25) is 0 Å². The predicted octanol–water partition coefficient (Wildman–Crippen LogP) is 2.11. The van der Waals surface area contributed by atoms with E-state index in [2.05, 4.69) is 12.4 Å². The molecule has 0 aliphatic heterocycles. The van der Waals surface area contributed by atoms with Crippen LogP contribution in [0.1, 0.15) is 39.0 Å². The van der Waals surface area contributed by atoms with Gasteiger partial charge in [-0.2, -0.15) is 5.48 Å². The Hall–Kier alpha value is -0.0800. The molecule has 1 rings (SSSR count). The maximum atomic E-state index is 4.91. The van der Waals surface area contributed by atoms with Crippen molar-refractivity contribution in [3.63, 3.8) is 0 Å². The molecule has 1 saturated carbocycles. The molecule has 1 aliphatic rings. The number of hydrogen-bond donors (Lipinski definition) is 1. The van der Waals surface area contributed by atoms with Gasteiger partial charge in [0.1, 0.15) is 0 Å². The molecule has 0 amide bonds. The summed E-state index contributed by atoms with van der Waals surface area (Å²) < 4.78 is 0. The van der Waals surface area contributed by atoms with Crippen molar-refractivity contribution in [1.82, 2.24) is 5.48 Å². The Balaban J connectivity index is 2.21. The first-order valence-corrected chi connectivity index (χ1v) is 4.63. The molecular weight excluding hydrogens is 138 g/mol. The lowest BCUT2D eigenvalue weighted by atomic mass is 9.85. The Morgan fingerprint density at radius 2 is 1.91 bits per heavy atom. The van der Waals surface area contributed by atoms with E-state index in [9.17, 15) is 0 Å². The monoisotopic (exact) mass is 157 g/mol. The highest BCUT2D eigenvalue weighted by Gasteiger charge is 2.19. The van der Waals surface area contributed by atoms with Gasteiger partial charge in [0.25, 0.3) is 0 Å². The van der Waals surface area contributed by atoms with Crippen molar-refractivity contribution in [3.8, 4) is 0 Å². The summed E-state index contributed by atoms with van der Waals surface area (Å²) >= 11 is 0. The van der Waals surface area contributed by atoms with Gasteiger partial charge in [-0.05, 0) is 25.7 Å². The van der Waals surface area contributed by atoms with Crippen LogP contribution in [0.3, 0.4) is 0 Å². The standard InChI is InChI=1S/C9H19NO/c1-8(10-11-2)9-6-4-3-5-7-9/h8-10H,3-7H2,1-2H3. The molecule has 1 unspecified atom stereocenters. The van der Waals surface area contributed by atoms with Gasteiger partial charge in [0.05, 0.1) is 7.11 Å². The number of hydroxylamine groups is 1. The van der Waals surface area contributed by atoms with Crippen LogP contribution in [0.15, 0.2) is 0 Å². The van der Waals surface area contributed by atoms with Crippen LogP contribution in [0, 0.1) is 5.92 Å². The van der Waals surface area contributed by atoms with Crippen molar-refractivity contribution >= 4 is 0 Å². The van der Waals surface area contributed by atoms with E-state index < -0.39 is 0 Å². The van der Waals surface area contributed by atoms with E-state index >= 15 is 0 Å². The summed E-state index contributed by atoms with van der Waals surface area (Å²) in [7, 11) is 1.69. The molecule has 1 atom stereocenters. The van der Waals surface area contributed by atoms with E-state index in [0.29, 0.717) is 6.04 Å². The fourth-order valence-electron chi connectivity index (χ4n) is 1.92. The third-order valence-electron chi connectivity index (χ3n) is 2.66. The summed E-state index contributed by atoms with van der Waals surface area (Å²) in [5, 5.41) is 0. The zero-order valence-electron chi connectivity index (χ0n) is 7.60. The summed E-state index contributed by atoms with van der Waals surface area (Å²) in [5.41, 5.74) is 3.02. The van der Waals surface area contributed by atoms with Gasteiger partial charge in [-0.25, -0.2) is 0 Å². The molecule has 1 N–H and O–H groups in total. The molecule has 1 aliphatic carbocycles. The number of rotatable bonds is 3. The highest BCUT2D eigenvalue weighted by molar-refractivity contribution is 4.73. The van der Waals surface area contributed by atoms with Crippen LogP contribution >= 0.6 is 0 Å². The van der Waals surface area contributed by atoms with Gasteiger partial charge in [0.2, 0.25) is 0 Å². The largest absolute Gasteiger partial charge is 0.305 e. The SMILES string of the molecule is CONC(C)C1CCCCC1. The lowest BCUT2D eigenvalue weighted by Crippen LogP contribution is -2.33. The highest BCUT2D eigenvalue weighted by atomic mass is 16.6. The molecule has 0 radical (unpaired) electrons.